The number of sulfone groups is 1. The minimum atomic E-state index is -3.50. The summed E-state index contributed by atoms with van der Waals surface area (Å²) in [7, 11) is 0.354. The molecule has 0 bridgehead atoms. The molecule has 0 aliphatic rings. The van der Waals surface area contributed by atoms with Gasteiger partial charge in [0.15, 0.2) is 9.84 Å². The molecule has 30 heavy (non-hydrogen) atoms. The largest absolute Gasteiger partial charge is 0.377 e. The number of benzene rings is 3. The maximum absolute atomic E-state index is 12.9. The minimum absolute atomic E-state index is 0.0598. The molecule has 2 amide bonds. The molecule has 0 saturated carbocycles. The third-order valence-electron chi connectivity index (χ3n) is 4.63. The van der Waals surface area contributed by atoms with E-state index in [1.807, 2.05) is 43.3 Å². The highest BCUT2D eigenvalue weighted by atomic mass is 35.5. The topological polar surface area (TPSA) is 78.5 Å². The first kappa shape index (κ1) is 21.9. The van der Waals surface area contributed by atoms with Gasteiger partial charge in [0.25, 0.3) is 0 Å². The lowest BCUT2D eigenvalue weighted by Gasteiger charge is -2.17. The Morgan fingerprint density at radius 3 is 2.43 bits per heavy atom. The molecule has 0 aliphatic heterocycles. The summed E-state index contributed by atoms with van der Waals surface area (Å²) in [5.74, 6) is -0.0598. The first-order valence-corrected chi connectivity index (χ1v) is 11.5. The lowest BCUT2D eigenvalue weighted by Crippen LogP contribution is -2.30. The summed E-state index contributed by atoms with van der Waals surface area (Å²) >= 11 is 5.89. The van der Waals surface area contributed by atoms with Gasteiger partial charge in [-0.1, -0.05) is 41.9 Å². The van der Waals surface area contributed by atoms with E-state index in [2.05, 4.69) is 10.6 Å². The molecule has 0 aliphatic carbocycles. The Morgan fingerprint density at radius 2 is 1.70 bits per heavy atom. The Morgan fingerprint density at radius 1 is 1.00 bits per heavy atom. The Kier molecular flexibility index (Phi) is 6.84. The lowest BCUT2D eigenvalue weighted by molar-refractivity contribution is 0.252. The van der Waals surface area contributed by atoms with Gasteiger partial charge in [0, 0.05) is 47.8 Å². The molecule has 0 heterocycles. The van der Waals surface area contributed by atoms with Crippen molar-refractivity contribution >= 4 is 49.6 Å². The molecule has 3 aromatic carbocycles. The summed E-state index contributed by atoms with van der Waals surface area (Å²) in [5, 5.41) is 7.45. The standard InChI is InChI=1S/C22H24ClN3O3S/c1-26(2)20-11-4-10-19-18(20)9-5-12-21(19)30(28,29)14-6-13-24-22(27)25-17-8-3-7-16(23)15-17/h3-5,7-12,15H,6,13-14H2,1-2H3,(H2,24,25,27). The van der Waals surface area contributed by atoms with Crippen LogP contribution in [0.15, 0.2) is 65.6 Å². The number of urea groups is 1. The van der Waals surface area contributed by atoms with Crippen LogP contribution in [0.4, 0.5) is 16.2 Å². The molecule has 6 nitrogen and oxygen atoms in total. The van der Waals surface area contributed by atoms with E-state index in [1.165, 1.54) is 0 Å². The van der Waals surface area contributed by atoms with E-state index in [1.54, 1.807) is 36.4 Å². The van der Waals surface area contributed by atoms with Crippen molar-refractivity contribution in [2.24, 2.45) is 0 Å². The average Bonchev–Trinajstić information content (AvgIpc) is 2.70. The molecular weight excluding hydrogens is 422 g/mol. The predicted octanol–water partition coefficient (Wildman–Crippen LogP) is 4.54. The Bertz CT molecular complexity index is 1160. The second-order valence-corrected chi connectivity index (χ2v) is 9.60. The molecule has 2 N–H and O–H groups in total. The number of hydrogen-bond donors (Lipinski definition) is 2. The number of anilines is 2. The molecule has 0 radical (unpaired) electrons. The van der Waals surface area contributed by atoms with E-state index in [0.29, 0.717) is 27.4 Å². The number of carbonyl (C=O) groups is 1. The molecule has 0 aromatic heterocycles. The Labute approximate surface area is 181 Å². The first-order chi connectivity index (χ1) is 14.3. The normalized spacial score (nSPS) is 11.3. The third kappa shape index (κ3) is 5.23. The molecule has 0 saturated heterocycles. The summed E-state index contributed by atoms with van der Waals surface area (Å²) in [4.78, 5) is 14.2. The molecule has 0 unspecified atom stereocenters. The number of halogens is 1. The van der Waals surface area contributed by atoms with Crippen LogP contribution in [-0.2, 0) is 9.84 Å². The van der Waals surface area contributed by atoms with Crippen LogP contribution in [0, 0.1) is 0 Å². The highest BCUT2D eigenvalue weighted by Crippen LogP contribution is 2.30. The van der Waals surface area contributed by atoms with Crippen molar-refractivity contribution < 1.29 is 13.2 Å². The van der Waals surface area contributed by atoms with E-state index in [-0.39, 0.29) is 12.3 Å². The maximum atomic E-state index is 12.9. The van der Waals surface area contributed by atoms with Gasteiger partial charge in [0.1, 0.15) is 0 Å². The highest BCUT2D eigenvalue weighted by Gasteiger charge is 2.18. The van der Waals surface area contributed by atoms with Crippen LogP contribution in [0.2, 0.25) is 5.02 Å². The lowest BCUT2D eigenvalue weighted by atomic mass is 10.1. The van der Waals surface area contributed by atoms with Crippen molar-refractivity contribution in [1.82, 2.24) is 5.32 Å². The van der Waals surface area contributed by atoms with Crippen LogP contribution < -0.4 is 15.5 Å². The molecule has 3 aromatic rings. The van der Waals surface area contributed by atoms with E-state index in [9.17, 15) is 13.2 Å². The van der Waals surface area contributed by atoms with E-state index < -0.39 is 15.9 Å². The second kappa shape index (κ2) is 9.36. The number of rotatable bonds is 7. The van der Waals surface area contributed by atoms with Gasteiger partial charge < -0.3 is 15.5 Å². The van der Waals surface area contributed by atoms with Gasteiger partial charge in [0.2, 0.25) is 0 Å². The van der Waals surface area contributed by atoms with Gasteiger partial charge >= 0.3 is 6.03 Å². The Hall–Kier alpha value is -2.77. The minimum Gasteiger partial charge on any atom is -0.377 e. The summed E-state index contributed by atoms with van der Waals surface area (Å²) in [5.41, 5.74) is 1.53. The molecule has 0 fully saturated rings. The Balaban J connectivity index is 1.63. The fourth-order valence-corrected chi connectivity index (χ4v) is 4.97. The van der Waals surface area contributed by atoms with Gasteiger partial charge in [-0.2, -0.15) is 0 Å². The zero-order valence-corrected chi connectivity index (χ0v) is 18.4. The van der Waals surface area contributed by atoms with Gasteiger partial charge in [-0.15, -0.1) is 0 Å². The molecule has 0 atom stereocenters. The van der Waals surface area contributed by atoms with Crippen LogP contribution in [0.1, 0.15) is 6.42 Å². The van der Waals surface area contributed by atoms with E-state index >= 15 is 0 Å². The summed E-state index contributed by atoms with van der Waals surface area (Å²) in [6, 6.07) is 17.4. The molecule has 3 rings (SSSR count). The average molecular weight is 446 g/mol. The van der Waals surface area contributed by atoms with Crippen LogP contribution in [0.5, 0.6) is 0 Å². The molecule has 158 valence electrons. The first-order valence-electron chi connectivity index (χ1n) is 9.50. The number of nitrogens with zero attached hydrogens (tertiary/aromatic N) is 1. The number of carbonyl (C=O) groups excluding carboxylic acids is 1. The van der Waals surface area contributed by atoms with Gasteiger partial charge in [0.05, 0.1) is 10.6 Å². The van der Waals surface area contributed by atoms with Gasteiger partial charge in [-0.3, -0.25) is 0 Å². The third-order valence-corrected chi connectivity index (χ3v) is 6.72. The zero-order chi connectivity index (χ0) is 21.7. The number of fused-ring (bicyclic) bond motifs is 1. The summed E-state index contributed by atoms with van der Waals surface area (Å²) in [6.07, 6.45) is 0.301. The molecule has 0 spiro atoms. The van der Waals surface area contributed by atoms with Gasteiger partial charge in [-0.05, 0) is 36.8 Å². The van der Waals surface area contributed by atoms with Crippen molar-refractivity contribution in [2.45, 2.75) is 11.3 Å². The van der Waals surface area contributed by atoms with Gasteiger partial charge in [-0.25, -0.2) is 13.2 Å². The smallest absolute Gasteiger partial charge is 0.319 e. The van der Waals surface area contributed by atoms with E-state index in [4.69, 9.17) is 11.6 Å². The highest BCUT2D eigenvalue weighted by molar-refractivity contribution is 7.91. The number of nitrogens with one attached hydrogen (secondary N) is 2. The fraction of sp³-hybridized carbons (Fsp3) is 0.227. The maximum Gasteiger partial charge on any atom is 0.319 e. The molecular formula is C22H24ClN3O3S. The quantitative estimate of drug-likeness (QED) is 0.523. The van der Waals surface area contributed by atoms with Crippen LogP contribution in [0.25, 0.3) is 10.8 Å². The predicted molar refractivity (Wildman–Crippen MR) is 123 cm³/mol. The van der Waals surface area contributed by atoms with Crippen molar-refractivity contribution in [3.8, 4) is 0 Å². The number of hydrogen-bond acceptors (Lipinski definition) is 4. The van der Waals surface area contributed by atoms with E-state index in [0.717, 1.165) is 11.1 Å². The van der Waals surface area contributed by atoms with Crippen LogP contribution >= 0.6 is 11.6 Å². The molecule has 8 heteroatoms. The summed E-state index contributed by atoms with van der Waals surface area (Å²) in [6.45, 7) is 0.235. The zero-order valence-electron chi connectivity index (χ0n) is 16.9. The number of amides is 2. The van der Waals surface area contributed by atoms with Crippen LogP contribution in [-0.4, -0.2) is 40.8 Å². The van der Waals surface area contributed by atoms with Crippen molar-refractivity contribution in [3.05, 3.63) is 65.7 Å². The van der Waals surface area contributed by atoms with Crippen LogP contribution in [0.3, 0.4) is 0 Å². The van der Waals surface area contributed by atoms with Crippen molar-refractivity contribution in [2.75, 3.05) is 36.6 Å². The SMILES string of the molecule is CN(C)c1cccc2c(S(=O)(=O)CCCNC(=O)Nc3cccc(Cl)c3)cccc12. The fourth-order valence-electron chi connectivity index (χ4n) is 3.24. The second-order valence-electron chi connectivity index (χ2n) is 7.09. The van der Waals surface area contributed by atoms with Crippen molar-refractivity contribution in [1.29, 1.82) is 0 Å². The monoisotopic (exact) mass is 445 g/mol. The van der Waals surface area contributed by atoms with Crippen molar-refractivity contribution in [3.63, 3.8) is 0 Å². The summed E-state index contributed by atoms with van der Waals surface area (Å²) < 4.78 is 25.9.